The predicted octanol–water partition coefficient (Wildman–Crippen LogP) is 5.11. The second kappa shape index (κ2) is 9.20. The van der Waals surface area contributed by atoms with Crippen LogP contribution in [0.3, 0.4) is 0 Å². The van der Waals surface area contributed by atoms with Crippen molar-refractivity contribution < 1.29 is 14.3 Å². The quantitative estimate of drug-likeness (QED) is 0.437. The standard InChI is InChI=1S/C28H30N2O3/c1-6-29-24-16-26-23(14-19(24)4)27(22-13-17(2)18(3)15-25(22)33-26)20-9-7-8-10-21(20)28(32)30(5)11-12-31/h7-10,13-16,31H,6,11-12H2,1-5H3/b29-24+. The average molecular weight is 443 g/mol. The number of amides is 1. The summed E-state index contributed by atoms with van der Waals surface area (Å²) in [5, 5.41) is 11.2. The van der Waals surface area contributed by atoms with Gasteiger partial charge in [0.05, 0.1) is 12.0 Å². The van der Waals surface area contributed by atoms with Crippen LogP contribution in [0.15, 0.2) is 57.9 Å². The Hall–Kier alpha value is -3.44. The Morgan fingerprint density at radius 2 is 1.73 bits per heavy atom. The number of aliphatic hydroxyl groups is 1. The summed E-state index contributed by atoms with van der Waals surface area (Å²) in [4.78, 5) is 19.5. The lowest BCUT2D eigenvalue weighted by Crippen LogP contribution is -2.29. The van der Waals surface area contributed by atoms with Gasteiger partial charge < -0.3 is 14.4 Å². The van der Waals surface area contributed by atoms with E-state index < -0.39 is 0 Å². The number of aliphatic hydroxyl groups excluding tert-OH is 1. The lowest BCUT2D eigenvalue weighted by Gasteiger charge is -2.21. The number of hydrogen-bond acceptors (Lipinski definition) is 4. The fraction of sp³-hybridized carbons (Fsp3) is 0.286. The number of likely N-dealkylation sites (N-methyl/N-ethyl adjacent to an activating group) is 1. The van der Waals surface area contributed by atoms with Crippen molar-refractivity contribution >= 4 is 16.9 Å². The summed E-state index contributed by atoms with van der Waals surface area (Å²) in [6.45, 7) is 9.11. The van der Waals surface area contributed by atoms with Gasteiger partial charge in [0.25, 0.3) is 5.91 Å². The number of hydrogen-bond donors (Lipinski definition) is 1. The molecule has 1 aliphatic carbocycles. The van der Waals surface area contributed by atoms with Crippen molar-refractivity contribution in [2.45, 2.75) is 27.7 Å². The van der Waals surface area contributed by atoms with Crippen molar-refractivity contribution in [2.24, 2.45) is 4.99 Å². The Labute approximate surface area is 194 Å². The Morgan fingerprint density at radius 3 is 2.45 bits per heavy atom. The van der Waals surface area contributed by atoms with E-state index in [2.05, 4.69) is 37.0 Å². The zero-order valence-electron chi connectivity index (χ0n) is 19.9. The second-order valence-corrected chi connectivity index (χ2v) is 8.51. The molecule has 2 aromatic carbocycles. The van der Waals surface area contributed by atoms with E-state index in [1.165, 1.54) is 0 Å². The highest BCUT2D eigenvalue weighted by Gasteiger charge is 2.23. The van der Waals surface area contributed by atoms with Crippen molar-refractivity contribution in [3.8, 4) is 22.5 Å². The molecule has 0 aromatic heterocycles. The van der Waals surface area contributed by atoms with Crippen LogP contribution in [0.4, 0.5) is 0 Å². The first-order valence-corrected chi connectivity index (χ1v) is 11.3. The first kappa shape index (κ1) is 22.7. The van der Waals surface area contributed by atoms with Crippen LogP contribution in [0, 0.1) is 20.8 Å². The predicted molar refractivity (Wildman–Crippen MR) is 133 cm³/mol. The van der Waals surface area contributed by atoms with Gasteiger partial charge in [-0.1, -0.05) is 18.2 Å². The summed E-state index contributed by atoms with van der Waals surface area (Å²) in [6, 6.07) is 16.0. The molecule has 33 heavy (non-hydrogen) atoms. The zero-order valence-corrected chi connectivity index (χ0v) is 19.9. The number of aryl methyl sites for hydroxylation is 3. The van der Waals surface area contributed by atoms with Crippen LogP contribution >= 0.6 is 0 Å². The number of benzene rings is 3. The minimum Gasteiger partial charge on any atom is -0.456 e. The summed E-state index contributed by atoms with van der Waals surface area (Å²) in [7, 11) is 1.71. The third-order valence-corrected chi connectivity index (χ3v) is 6.19. The van der Waals surface area contributed by atoms with Gasteiger partial charge in [0.15, 0.2) is 0 Å². The molecule has 0 fully saturated rings. The minimum absolute atomic E-state index is 0.0815. The number of rotatable bonds is 5. The Kier molecular flexibility index (Phi) is 6.34. The molecule has 0 unspecified atom stereocenters. The lowest BCUT2D eigenvalue weighted by molar-refractivity contribution is 0.0767. The maximum Gasteiger partial charge on any atom is 0.254 e. The molecule has 0 radical (unpaired) electrons. The molecule has 0 saturated heterocycles. The molecule has 0 atom stereocenters. The van der Waals surface area contributed by atoms with E-state index >= 15 is 0 Å². The van der Waals surface area contributed by atoms with Crippen molar-refractivity contribution in [2.75, 3.05) is 26.7 Å². The molecule has 170 valence electrons. The van der Waals surface area contributed by atoms with E-state index in [9.17, 15) is 9.90 Å². The van der Waals surface area contributed by atoms with E-state index in [4.69, 9.17) is 4.42 Å². The Balaban J connectivity index is 2.13. The summed E-state index contributed by atoms with van der Waals surface area (Å²) in [6.07, 6.45) is 0. The van der Waals surface area contributed by atoms with Crippen LogP contribution < -0.4 is 5.36 Å². The van der Waals surface area contributed by atoms with E-state index in [-0.39, 0.29) is 19.1 Å². The topological polar surface area (TPSA) is 66.0 Å². The molecule has 4 rings (SSSR count). The molecule has 2 aliphatic rings. The van der Waals surface area contributed by atoms with Gasteiger partial charge >= 0.3 is 0 Å². The molecule has 2 aromatic rings. The van der Waals surface area contributed by atoms with Gasteiger partial charge in [-0.05, 0) is 74.2 Å². The van der Waals surface area contributed by atoms with Crippen molar-refractivity contribution in [1.82, 2.24) is 4.90 Å². The molecule has 0 saturated carbocycles. The number of fused-ring (bicyclic) bond motifs is 2. The van der Waals surface area contributed by atoms with Crippen LogP contribution in [0.25, 0.3) is 33.4 Å². The van der Waals surface area contributed by atoms with Crippen LogP contribution in [-0.4, -0.2) is 42.7 Å². The molecule has 0 spiro atoms. The summed E-state index contributed by atoms with van der Waals surface area (Å²) in [5.41, 5.74) is 7.51. The third-order valence-electron chi connectivity index (χ3n) is 6.19. The minimum atomic E-state index is -0.125. The largest absolute Gasteiger partial charge is 0.456 e. The first-order chi connectivity index (χ1) is 15.8. The van der Waals surface area contributed by atoms with E-state index in [0.717, 1.165) is 55.5 Å². The van der Waals surface area contributed by atoms with Gasteiger partial charge in [0.2, 0.25) is 0 Å². The molecule has 0 bridgehead atoms. The molecule has 1 amide bonds. The molecule has 5 nitrogen and oxygen atoms in total. The maximum atomic E-state index is 13.3. The summed E-state index contributed by atoms with van der Waals surface area (Å²) >= 11 is 0. The van der Waals surface area contributed by atoms with Gasteiger partial charge in [0, 0.05) is 48.3 Å². The number of nitrogens with zero attached hydrogens (tertiary/aromatic N) is 2. The molecule has 1 aliphatic heterocycles. The van der Waals surface area contributed by atoms with Crippen LogP contribution in [0.2, 0.25) is 0 Å². The highest BCUT2D eigenvalue weighted by atomic mass is 16.3. The van der Waals surface area contributed by atoms with Crippen molar-refractivity contribution in [3.63, 3.8) is 0 Å². The highest BCUT2D eigenvalue weighted by Crippen LogP contribution is 2.42. The monoisotopic (exact) mass is 442 g/mol. The Bertz CT molecular complexity index is 1380. The van der Waals surface area contributed by atoms with E-state index in [0.29, 0.717) is 12.1 Å². The van der Waals surface area contributed by atoms with E-state index in [1.54, 1.807) is 11.9 Å². The first-order valence-electron chi connectivity index (χ1n) is 11.3. The molecule has 5 heteroatoms. The Morgan fingerprint density at radius 1 is 1.00 bits per heavy atom. The van der Waals surface area contributed by atoms with Gasteiger partial charge in [-0.15, -0.1) is 0 Å². The third kappa shape index (κ3) is 4.16. The van der Waals surface area contributed by atoms with Gasteiger partial charge in [-0.25, -0.2) is 0 Å². The van der Waals surface area contributed by atoms with E-state index in [1.807, 2.05) is 44.2 Å². The SMILES string of the molecule is CC/N=c1\cc2oc3cc(C)c(C)cc3c(-c3ccccc3C(=O)N(C)CCO)c-2cc1C. The van der Waals surface area contributed by atoms with Gasteiger partial charge in [0.1, 0.15) is 11.3 Å². The van der Waals surface area contributed by atoms with Crippen LogP contribution in [-0.2, 0) is 0 Å². The summed E-state index contributed by atoms with van der Waals surface area (Å²) < 4.78 is 6.38. The number of carbonyl (C=O) groups is 1. The fourth-order valence-corrected chi connectivity index (χ4v) is 4.27. The van der Waals surface area contributed by atoms with Crippen molar-refractivity contribution in [3.05, 3.63) is 76.1 Å². The molecule has 1 N–H and O–H groups in total. The normalized spacial score (nSPS) is 12.0. The molecule has 1 heterocycles. The molecular formula is C28H30N2O3. The van der Waals surface area contributed by atoms with Crippen LogP contribution in [0.1, 0.15) is 34.0 Å². The maximum absolute atomic E-state index is 13.3. The average Bonchev–Trinajstić information content (AvgIpc) is 2.79. The molecular weight excluding hydrogens is 412 g/mol. The highest BCUT2D eigenvalue weighted by molar-refractivity contribution is 6.09. The fourth-order valence-electron chi connectivity index (χ4n) is 4.27. The summed E-state index contributed by atoms with van der Waals surface area (Å²) in [5.74, 6) is 0.615. The van der Waals surface area contributed by atoms with Crippen molar-refractivity contribution in [1.29, 1.82) is 0 Å². The smallest absolute Gasteiger partial charge is 0.254 e. The number of carbonyl (C=O) groups excluding carboxylic acids is 1. The van der Waals surface area contributed by atoms with Gasteiger partial charge in [-0.3, -0.25) is 9.79 Å². The van der Waals surface area contributed by atoms with Gasteiger partial charge in [-0.2, -0.15) is 0 Å². The zero-order chi connectivity index (χ0) is 23.7. The lowest BCUT2D eigenvalue weighted by atomic mass is 9.88. The van der Waals surface area contributed by atoms with Crippen LogP contribution in [0.5, 0.6) is 0 Å². The second-order valence-electron chi connectivity index (χ2n) is 8.51.